The van der Waals surface area contributed by atoms with Crippen LogP contribution in [0.1, 0.15) is 40.0 Å². The summed E-state index contributed by atoms with van der Waals surface area (Å²) in [6.07, 6.45) is 4.23. The molecule has 3 nitrogen and oxygen atoms in total. The first kappa shape index (κ1) is 12.9. The Morgan fingerprint density at radius 2 is 1.94 bits per heavy atom. The van der Waals surface area contributed by atoms with Crippen molar-refractivity contribution in [1.29, 1.82) is 5.26 Å². The number of hydrogen-bond donors (Lipinski definition) is 1. The number of nitrogens with one attached hydrogen (secondary N) is 1. The molecule has 0 radical (unpaired) electrons. The molecular weight excluding hydrogens is 210 g/mol. The molecule has 2 rings (SSSR count). The minimum Gasteiger partial charge on any atom is -0.300 e. The lowest BCUT2D eigenvalue weighted by Crippen LogP contribution is -2.52. The zero-order valence-electron chi connectivity index (χ0n) is 11.4. The van der Waals surface area contributed by atoms with Crippen LogP contribution in [0.5, 0.6) is 0 Å². The molecule has 0 aromatic heterocycles. The van der Waals surface area contributed by atoms with Gasteiger partial charge in [0.1, 0.15) is 5.54 Å². The molecule has 96 valence electrons. The molecule has 17 heavy (non-hydrogen) atoms. The van der Waals surface area contributed by atoms with E-state index in [-0.39, 0.29) is 0 Å². The van der Waals surface area contributed by atoms with Gasteiger partial charge in [-0.2, -0.15) is 5.26 Å². The molecule has 0 bridgehead atoms. The van der Waals surface area contributed by atoms with Gasteiger partial charge in [0.15, 0.2) is 0 Å². The summed E-state index contributed by atoms with van der Waals surface area (Å²) in [6, 6.07) is 2.81. The van der Waals surface area contributed by atoms with Crippen molar-refractivity contribution >= 4 is 0 Å². The van der Waals surface area contributed by atoms with Crippen molar-refractivity contribution < 1.29 is 0 Å². The molecule has 1 saturated heterocycles. The predicted molar refractivity (Wildman–Crippen MR) is 69.6 cm³/mol. The monoisotopic (exact) mass is 235 g/mol. The largest absolute Gasteiger partial charge is 0.300 e. The Morgan fingerprint density at radius 1 is 1.35 bits per heavy atom. The van der Waals surface area contributed by atoms with E-state index in [0.717, 1.165) is 18.4 Å². The summed E-state index contributed by atoms with van der Waals surface area (Å²) in [6.45, 7) is 9.53. The molecule has 1 N–H and O–H groups in total. The molecular formula is C14H25N3. The van der Waals surface area contributed by atoms with Crippen LogP contribution in [-0.4, -0.2) is 36.1 Å². The highest BCUT2D eigenvalue weighted by Crippen LogP contribution is 2.37. The van der Waals surface area contributed by atoms with Gasteiger partial charge in [-0.25, -0.2) is 0 Å². The van der Waals surface area contributed by atoms with Crippen molar-refractivity contribution in [1.82, 2.24) is 10.2 Å². The molecule has 0 aromatic carbocycles. The number of likely N-dealkylation sites (tertiary alicyclic amines) is 1. The molecule has 1 aliphatic heterocycles. The zero-order valence-corrected chi connectivity index (χ0v) is 11.4. The van der Waals surface area contributed by atoms with Crippen LogP contribution in [0, 0.1) is 23.2 Å². The third-order valence-electron chi connectivity index (χ3n) is 4.20. The highest BCUT2D eigenvalue weighted by atomic mass is 15.2. The van der Waals surface area contributed by atoms with Crippen LogP contribution in [-0.2, 0) is 0 Å². The number of rotatable bonds is 4. The van der Waals surface area contributed by atoms with Gasteiger partial charge in [0.2, 0.25) is 0 Å². The third kappa shape index (κ3) is 3.00. The maximum atomic E-state index is 9.36. The Hall–Kier alpha value is -0.590. The van der Waals surface area contributed by atoms with Gasteiger partial charge in [0.25, 0.3) is 0 Å². The van der Waals surface area contributed by atoms with E-state index in [4.69, 9.17) is 0 Å². The smallest absolute Gasteiger partial charge is 0.116 e. The molecule has 3 unspecified atom stereocenters. The lowest BCUT2D eigenvalue weighted by atomic mass is 10.0. The average Bonchev–Trinajstić information content (AvgIpc) is 2.76. The summed E-state index contributed by atoms with van der Waals surface area (Å²) in [5.41, 5.74) is -0.396. The summed E-state index contributed by atoms with van der Waals surface area (Å²) in [4.78, 5) is 2.49. The quantitative estimate of drug-likeness (QED) is 0.810. The van der Waals surface area contributed by atoms with E-state index >= 15 is 0 Å². The highest BCUT2D eigenvalue weighted by Gasteiger charge is 2.38. The summed E-state index contributed by atoms with van der Waals surface area (Å²) in [5, 5.41) is 12.8. The first-order valence-corrected chi connectivity index (χ1v) is 6.94. The van der Waals surface area contributed by atoms with E-state index in [1.54, 1.807) is 0 Å². The molecule has 1 saturated carbocycles. The van der Waals surface area contributed by atoms with E-state index in [9.17, 15) is 5.26 Å². The summed E-state index contributed by atoms with van der Waals surface area (Å²) < 4.78 is 0. The third-order valence-corrected chi connectivity index (χ3v) is 4.20. The molecule has 1 heterocycles. The van der Waals surface area contributed by atoms with Gasteiger partial charge >= 0.3 is 0 Å². The number of nitriles is 1. The van der Waals surface area contributed by atoms with Gasteiger partial charge in [-0.3, -0.25) is 10.2 Å². The topological polar surface area (TPSA) is 39.1 Å². The van der Waals surface area contributed by atoms with Gasteiger partial charge in [-0.1, -0.05) is 6.42 Å². The molecule has 3 heteroatoms. The van der Waals surface area contributed by atoms with Crippen LogP contribution in [0.15, 0.2) is 0 Å². The Morgan fingerprint density at radius 3 is 2.41 bits per heavy atom. The first-order valence-electron chi connectivity index (χ1n) is 6.94. The number of nitrogens with zero attached hydrogens (tertiary/aromatic N) is 2. The van der Waals surface area contributed by atoms with Gasteiger partial charge in [-0.05, 0) is 45.4 Å². The predicted octanol–water partition coefficient (Wildman–Crippen LogP) is 2.00. The van der Waals surface area contributed by atoms with Gasteiger partial charge in [0, 0.05) is 25.7 Å². The lowest BCUT2D eigenvalue weighted by Gasteiger charge is -2.30. The molecule has 0 amide bonds. The van der Waals surface area contributed by atoms with Crippen molar-refractivity contribution in [3.63, 3.8) is 0 Å². The second-order valence-corrected chi connectivity index (χ2v) is 6.39. The fraction of sp³-hybridized carbons (Fsp3) is 0.929. The van der Waals surface area contributed by atoms with E-state index in [1.165, 1.54) is 32.4 Å². The maximum Gasteiger partial charge on any atom is 0.116 e. The minimum atomic E-state index is -0.396. The minimum absolute atomic E-state index is 0.363. The van der Waals surface area contributed by atoms with Gasteiger partial charge < -0.3 is 0 Å². The first-order chi connectivity index (χ1) is 8.02. The summed E-state index contributed by atoms with van der Waals surface area (Å²) >= 11 is 0. The molecule has 0 aromatic rings. The SMILES string of the molecule is CC(C)NC(C)(C#N)CN1CC2CCCC2C1. The van der Waals surface area contributed by atoms with E-state index in [0.29, 0.717) is 6.04 Å². The number of hydrogen-bond acceptors (Lipinski definition) is 3. The van der Waals surface area contributed by atoms with Crippen LogP contribution >= 0.6 is 0 Å². The highest BCUT2D eigenvalue weighted by molar-refractivity contribution is 5.07. The van der Waals surface area contributed by atoms with Crippen LogP contribution in [0.3, 0.4) is 0 Å². The fourth-order valence-corrected chi connectivity index (χ4v) is 3.66. The molecule has 2 aliphatic rings. The van der Waals surface area contributed by atoms with E-state index in [1.807, 2.05) is 6.92 Å². The molecule has 2 fully saturated rings. The van der Waals surface area contributed by atoms with Crippen LogP contribution in [0.25, 0.3) is 0 Å². The second-order valence-electron chi connectivity index (χ2n) is 6.39. The van der Waals surface area contributed by atoms with Gasteiger partial charge in [-0.15, -0.1) is 0 Å². The van der Waals surface area contributed by atoms with Crippen molar-refractivity contribution in [2.24, 2.45) is 11.8 Å². The average molecular weight is 235 g/mol. The van der Waals surface area contributed by atoms with E-state index < -0.39 is 5.54 Å². The fourth-order valence-electron chi connectivity index (χ4n) is 3.66. The van der Waals surface area contributed by atoms with Crippen molar-refractivity contribution in [3.8, 4) is 6.07 Å². The molecule has 3 atom stereocenters. The van der Waals surface area contributed by atoms with E-state index in [2.05, 4.69) is 30.1 Å². The summed E-state index contributed by atoms with van der Waals surface area (Å²) in [7, 11) is 0. The van der Waals surface area contributed by atoms with Gasteiger partial charge in [0.05, 0.1) is 6.07 Å². The van der Waals surface area contributed by atoms with Crippen molar-refractivity contribution in [2.75, 3.05) is 19.6 Å². The zero-order chi connectivity index (χ0) is 12.5. The van der Waals surface area contributed by atoms with Crippen molar-refractivity contribution in [3.05, 3.63) is 0 Å². The Kier molecular flexibility index (Phi) is 3.75. The van der Waals surface area contributed by atoms with Crippen LogP contribution in [0.2, 0.25) is 0 Å². The molecule has 0 spiro atoms. The van der Waals surface area contributed by atoms with Crippen molar-refractivity contribution in [2.45, 2.75) is 51.6 Å². The standard InChI is InChI=1S/C14H25N3/c1-11(2)16-14(3,9-15)10-17-7-12-5-4-6-13(12)8-17/h11-13,16H,4-8,10H2,1-3H3. The second kappa shape index (κ2) is 4.96. The molecule has 1 aliphatic carbocycles. The Balaban J connectivity index is 1.90. The Labute approximate surface area is 105 Å². The lowest BCUT2D eigenvalue weighted by molar-refractivity contribution is 0.237. The van der Waals surface area contributed by atoms with Crippen LogP contribution in [0.4, 0.5) is 0 Å². The number of fused-ring (bicyclic) bond motifs is 1. The maximum absolute atomic E-state index is 9.36. The van der Waals surface area contributed by atoms with Crippen LogP contribution < -0.4 is 5.32 Å². The summed E-state index contributed by atoms with van der Waals surface area (Å²) in [5.74, 6) is 1.83. The Bertz CT molecular complexity index is 295. The normalized spacial score (nSPS) is 32.4.